The van der Waals surface area contributed by atoms with Crippen LogP contribution in [-0.4, -0.2) is 26.1 Å². The molecule has 10 heteroatoms. The molecule has 7 nitrogen and oxygen atoms in total. The van der Waals surface area contributed by atoms with E-state index in [1.807, 2.05) is 0 Å². The van der Waals surface area contributed by atoms with Crippen LogP contribution in [0.5, 0.6) is 11.7 Å². The van der Waals surface area contributed by atoms with Gasteiger partial charge in [0.2, 0.25) is 5.78 Å². The summed E-state index contributed by atoms with van der Waals surface area (Å²) < 4.78 is 49.0. The van der Waals surface area contributed by atoms with Crippen LogP contribution in [0.3, 0.4) is 0 Å². The second kappa shape index (κ2) is 6.75. The molecule has 3 rings (SSSR count). The molecular formula is C16H10F3N3O4. The largest absolute Gasteiger partial charge is 0.507 e. The van der Waals surface area contributed by atoms with Crippen LogP contribution in [0.1, 0.15) is 21.7 Å². The molecule has 0 atom stereocenters. The maximum absolute atomic E-state index is 13.0. The van der Waals surface area contributed by atoms with E-state index in [2.05, 4.69) is 15.2 Å². The number of para-hydroxylation sites is 1. The van der Waals surface area contributed by atoms with Gasteiger partial charge in [0, 0.05) is 12.1 Å². The fraction of sp³-hybridized carbons (Fsp3) is 0.0625. The van der Waals surface area contributed by atoms with Gasteiger partial charge < -0.3 is 14.3 Å². The van der Waals surface area contributed by atoms with Crippen LogP contribution in [0, 0.1) is 0 Å². The van der Waals surface area contributed by atoms with Gasteiger partial charge in [-0.3, -0.25) is 9.89 Å². The first-order chi connectivity index (χ1) is 12.3. The molecule has 3 aromatic rings. The van der Waals surface area contributed by atoms with Crippen LogP contribution in [-0.2, 0) is 6.18 Å². The lowest BCUT2D eigenvalue weighted by Gasteiger charge is -2.11. The topological polar surface area (TPSA) is 101 Å². The number of ketones is 1. The highest BCUT2D eigenvalue weighted by molar-refractivity contribution is 6.05. The Bertz CT molecular complexity index is 946. The molecule has 2 aromatic heterocycles. The molecule has 2 N–H and O–H groups in total. The van der Waals surface area contributed by atoms with Gasteiger partial charge in [0.1, 0.15) is 24.1 Å². The van der Waals surface area contributed by atoms with E-state index < -0.39 is 29.0 Å². The second-order valence-corrected chi connectivity index (χ2v) is 4.98. The summed E-state index contributed by atoms with van der Waals surface area (Å²) in [4.78, 5) is 15.4. The normalized spacial score (nSPS) is 12.2. The van der Waals surface area contributed by atoms with E-state index in [0.29, 0.717) is 0 Å². The Hall–Kier alpha value is -3.56. The summed E-state index contributed by atoms with van der Waals surface area (Å²) in [5, 5.41) is 15.8. The van der Waals surface area contributed by atoms with Crippen molar-refractivity contribution in [3.05, 3.63) is 65.9 Å². The van der Waals surface area contributed by atoms with Gasteiger partial charge in [-0.05, 0) is 12.1 Å². The number of nitrogens with zero attached hydrogens (tertiary/aromatic N) is 2. The molecule has 0 bridgehead atoms. The molecule has 0 saturated carbocycles. The highest BCUT2D eigenvalue weighted by atomic mass is 19.4. The van der Waals surface area contributed by atoms with Crippen molar-refractivity contribution in [2.24, 2.45) is 0 Å². The zero-order valence-corrected chi connectivity index (χ0v) is 12.8. The highest BCUT2D eigenvalue weighted by Gasteiger charge is 2.34. The second-order valence-electron chi connectivity index (χ2n) is 4.98. The van der Waals surface area contributed by atoms with Crippen LogP contribution in [0.2, 0.25) is 0 Å². The number of allylic oxidation sites excluding steroid dienone is 1. The molecule has 0 amide bonds. The Morgan fingerprint density at radius 2 is 2.08 bits per heavy atom. The van der Waals surface area contributed by atoms with Gasteiger partial charge in [0.25, 0.3) is 5.95 Å². The number of aromatic amines is 1. The number of halogens is 3. The third-order valence-corrected chi connectivity index (χ3v) is 3.19. The number of aromatic nitrogens is 3. The molecule has 0 aliphatic carbocycles. The summed E-state index contributed by atoms with van der Waals surface area (Å²) in [6, 6.07) is 5.75. The molecule has 0 unspecified atom stereocenters. The van der Waals surface area contributed by atoms with Gasteiger partial charge in [-0.25, -0.2) is 4.98 Å². The average Bonchev–Trinajstić information content (AvgIpc) is 3.26. The first-order valence-electron chi connectivity index (χ1n) is 7.08. The zero-order chi connectivity index (χ0) is 18.7. The van der Waals surface area contributed by atoms with Crippen LogP contribution < -0.4 is 4.74 Å². The number of nitrogens with one attached hydrogen (secondary N) is 1. The lowest BCUT2D eigenvalue weighted by atomic mass is 10.2. The van der Waals surface area contributed by atoms with E-state index >= 15 is 0 Å². The van der Waals surface area contributed by atoms with Crippen molar-refractivity contribution in [1.82, 2.24) is 15.2 Å². The number of alkyl halides is 3. The van der Waals surface area contributed by atoms with E-state index in [1.54, 1.807) is 0 Å². The molecule has 1 aromatic carbocycles. The Kier molecular flexibility index (Phi) is 4.48. The van der Waals surface area contributed by atoms with Crippen LogP contribution in [0.15, 0.2) is 53.4 Å². The molecule has 0 radical (unpaired) electrons. The summed E-state index contributed by atoms with van der Waals surface area (Å²) in [5.41, 5.74) is -0.935. The standard InChI is InChI=1S/C16H10F3N3O4/c17-16(18,19)10-3-1-2-4-13(10)26-14-5-9(7-25-14)11(23)6-12(24)15-20-8-21-22-15/h1-8,23H,(H,20,21,22). The smallest absolute Gasteiger partial charge is 0.419 e. The van der Waals surface area contributed by atoms with Crippen molar-refractivity contribution in [3.63, 3.8) is 0 Å². The molecule has 0 aliphatic heterocycles. The van der Waals surface area contributed by atoms with E-state index in [1.165, 1.54) is 12.1 Å². The summed E-state index contributed by atoms with van der Waals surface area (Å²) >= 11 is 0. The lowest BCUT2D eigenvalue weighted by molar-refractivity contribution is -0.138. The minimum absolute atomic E-state index is 0.0392. The van der Waals surface area contributed by atoms with E-state index in [-0.39, 0.29) is 17.3 Å². The van der Waals surface area contributed by atoms with E-state index in [0.717, 1.165) is 36.9 Å². The van der Waals surface area contributed by atoms with Crippen molar-refractivity contribution in [3.8, 4) is 11.7 Å². The highest BCUT2D eigenvalue weighted by Crippen LogP contribution is 2.38. The van der Waals surface area contributed by atoms with Crippen molar-refractivity contribution < 1.29 is 32.2 Å². The van der Waals surface area contributed by atoms with Gasteiger partial charge in [0.15, 0.2) is 5.82 Å². The Labute approximate surface area is 143 Å². The third kappa shape index (κ3) is 3.74. The van der Waals surface area contributed by atoms with Crippen molar-refractivity contribution >= 4 is 11.5 Å². The van der Waals surface area contributed by atoms with Crippen molar-refractivity contribution in [2.75, 3.05) is 0 Å². The number of benzene rings is 1. The number of carbonyl (C=O) groups excluding carboxylic acids is 1. The van der Waals surface area contributed by atoms with Crippen LogP contribution >= 0.6 is 0 Å². The SMILES string of the molecule is O=C(C=C(O)c1coc(Oc2ccccc2C(F)(F)F)c1)c1ncn[nH]1. The number of aliphatic hydroxyl groups is 1. The number of aliphatic hydroxyl groups excluding tert-OH is 1. The first kappa shape index (κ1) is 17.3. The summed E-state index contributed by atoms with van der Waals surface area (Å²) in [6.45, 7) is 0. The molecule has 0 fully saturated rings. The monoisotopic (exact) mass is 365 g/mol. The average molecular weight is 365 g/mol. The molecule has 26 heavy (non-hydrogen) atoms. The van der Waals surface area contributed by atoms with Gasteiger partial charge in [-0.2, -0.15) is 18.3 Å². The van der Waals surface area contributed by atoms with Crippen molar-refractivity contribution in [2.45, 2.75) is 6.18 Å². The fourth-order valence-corrected chi connectivity index (χ4v) is 2.00. The number of hydrogen-bond acceptors (Lipinski definition) is 6. The van der Waals surface area contributed by atoms with E-state index in [4.69, 9.17) is 9.15 Å². The minimum atomic E-state index is -4.60. The van der Waals surface area contributed by atoms with Gasteiger partial charge in [-0.15, -0.1) is 0 Å². The molecule has 0 aliphatic rings. The molecular weight excluding hydrogens is 355 g/mol. The Morgan fingerprint density at radius 3 is 2.77 bits per heavy atom. The molecule has 134 valence electrons. The number of ether oxygens (including phenoxy) is 1. The maximum atomic E-state index is 13.0. The number of rotatable bonds is 5. The summed E-state index contributed by atoms with van der Waals surface area (Å²) in [6.07, 6.45) is -1.58. The number of carbonyl (C=O) groups is 1. The summed E-state index contributed by atoms with van der Waals surface area (Å²) in [5.74, 6) is -1.96. The van der Waals surface area contributed by atoms with Gasteiger partial charge in [0.05, 0.1) is 11.1 Å². The Morgan fingerprint density at radius 1 is 1.31 bits per heavy atom. The van der Waals surface area contributed by atoms with Crippen LogP contribution in [0.25, 0.3) is 5.76 Å². The molecule has 0 spiro atoms. The van der Waals surface area contributed by atoms with Crippen LogP contribution in [0.4, 0.5) is 13.2 Å². The molecule has 2 heterocycles. The number of H-pyrrole nitrogens is 1. The fourth-order valence-electron chi connectivity index (χ4n) is 2.00. The predicted octanol–water partition coefficient (Wildman–Crippen LogP) is 3.99. The lowest BCUT2D eigenvalue weighted by Crippen LogP contribution is -2.06. The third-order valence-electron chi connectivity index (χ3n) is 3.19. The van der Waals surface area contributed by atoms with Crippen molar-refractivity contribution in [1.29, 1.82) is 0 Å². The minimum Gasteiger partial charge on any atom is -0.507 e. The number of furan rings is 1. The zero-order valence-electron chi connectivity index (χ0n) is 12.8. The van der Waals surface area contributed by atoms with Gasteiger partial charge in [-0.1, -0.05) is 12.1 Å². The number of hydrogen-bond donors (Lipinski definition) is 2. The first-order valence-corrected chi connectivity index (χ1v) is 7.08. The van der Waals surface area contributed by atoms with E-state index in [9.17, 15) is 23.1 Å². The maximum Gasteiger partial charge on any atom is 0.419 e. The summed E-state index contributed by atoms with van der Waals surface area (Å²) in [7, 11) is 0. The van der Waals surface area contributed by atoms with Gasteiger partial charge >= 0.3 is 6.18 Å². The predicted molar refractivity (Wildman–Crippen MR) is 81.5 cm³/mol. The Balaban J connectivity index is 1.80. The molecule has 0 saturated heterocycles. The quantitative estimate of drug-likeness (QED) is 0.403.